The van der Waals surface area contributed by atoms with Crippen LogP contribution < -0.4 is 5.32 Å². The summed E-state index contributed by atoms with van der Waals surface area (Å²) in [4.78, 5) is 0. The van der Waals surface area contributed by atoms with Crippen LogP contribution >= 0.6 is 0 Å². The van der Waals surface area contributed by atoms with Gasteiger partial charge in [-0.2, -0.15) is 0 Å². The third-order valence-electron chi connectivity index (χ3n) is 2.11. The maximum Gasteiger partial charge on any atom is 0.147 e. The highest BCUT2D eigenvalue weighted by molar-refractivity contribution is 7.90. The molecule has 0 heterocycles. The first-order valence-electron chi connectivity index (χ1n) is 4.84. The van der Waals surface area contributed by atoms with Gasteiger partial charge in [-0.05, 0) is 26.3 Å². The molecule has 0 saturated carbocycles. The molecule has 4 heteroatoms. The van der Waals surface area contributed by atoms with Gasteiger partial charge in [0.25, 0.3) is 0 Å². The van der Waals surface area contributed by atoms with Crippen molar-refractivity contribution in [2.75, 3.05) is 19.1 Å². The van der Waals surface area contributed by atoms with Crippen molar-refractivity contribution in [1.29, 1.82) is 0 Å². The first kappa shape index (κ1) is 12.9. The largest absolute Gasteiger partial charge is 0.317 e. The molecular weight excluding hydrogens is 186 g/mol. The minimum absolute atomic E-state index is 0.314. The second-order valence-corrected chi connectivity index (χ2v) is 5.81. The van der Waals surface area contributed by atoms with Gasteiger partial charge in [-0.15, -0.1) is 0 Å². The molecule has 1 atom stereocenters. The fourth-order valence-corrected chi connectivity index (χ4v) is 2.06. The average Bonchev–Trinajstić information content (AvgIpc) is 2.01. The van der Waals surface area contributed by atoms with E-state index in [1.165, 1.54) is 6.26 Å². The first-order chi connectivity index (χ1) is 5.99. The molecular formula is C9H21NO2S. The third-order valence-corrected chi connectivity index (χ3v) is 3.14. The van der Waals surface area contributed by atoms with Crippen molar-refractivity contribution in [3.63, 3.8) is 0 Å². The SMILES string of the molecule is CCCC(CCCS(C)(=O)=O)NC. The lowest BCUT2D eigenvalue weighted by molar-refractivity contribution is 0.478. The fraction of sp³-hybridized carbons (Fsp3) is 1.00. The second kappa shape index (κ2) is 6.38. The Morgan fingerprint density at radius 3 is 2.31 bits per heavy atom. The summed E-state index contributed by atoms with van der Waals surface area (Å²) in [6.45, 7) is 2.14. The van der Waals surface area contributed by atoms with Crippen LogP contribution in [0.2, 0.25) is 0 Å². The van der Waals surface area contributed by atoms with Crippen LogP contribution in [0.5, 0.6) is 0 Å². The maximum absolute atomic E-state index is 10.8. The van der Waals surface area contributed by atoms with E-state index in [-0.39, 0.29) is 0 Å². The highest BCUT2D eigenvalue weighted by Crippen LogP contribution is 2.05. The van der Waals surface area contributed by atoms with Crippen LogP contribution in [-0.4, -0.2) is 33.5 Å². The van der Waals surface area contributed by atoms with E-state index in [0.717, 1.165) is 25.7 Å². The van der Waals surface area contributed by atoms with Crippen molar-refractivity contribution >= 4 is 9.84 Å². The molecule has 0 aromatic heterocycles. The quantitative estimate of drug-likeness (QED) is 0.682. The molecule has 0 spiro atoms. The highest BCUT2D eigenvalue weighted by atomic mass is 32.2. The van der Waals surface area contributed by atoms with Crippen LogP contribution in [0.3, 0.4) is 0 Å². The number of rotatable bonds is 7. The lowest BCUT2D eigenvalue weighted by Gasteiger charge is -2.14. The van der Waals surface area contributed by atoms with Gasteiger partial charge >= 0.3 is 0 Å². The van der Waals surface area contributed by atoms with E-state index >= 15 is 0 Å². The third kappa shape index (κ3) is 8.25. The summed E-state index contributed by atoms with van der Waals surface area (Å²) in [5.41, 5.74) is 0. The van der Waals surface area contributed by atoms with Gasteiger partial charge in [0.15, 0.2) is 0 Å². The second-order valence-electron chi connectivity index (χ2n) is 3.55. The van der Waals surface area contributed by atoms with Crippen molar-refractivity contribution in [3.05, 3.63) is 0 Å². The minimum Gasteiger partial charge on any atom is -0.317 e. The van der Waals surface area contributed by atoms with Gasteiger partial charge in [-0.3, -0.25) is 0 Å². The molecule has 0 bridgehead atoms. The summed E-state index contributed by atoms with van der Waals surface area (Å²) in [7, 11) is -0.839. The summed E-state index contributed by atoms with van der Waals surface area (Å²) in [6.07, 6.45) is 5.29. The Morgan fingerprint density at radius 2 is 1.92 bits per heavy atom. The Morgan fingerprint density at radius 1 is 1.31 bits per heavy atom. The predicted molar refractivity (Wildman–Crippen MR) is 56.7 cm³/mol. The van der Waals surface area contributed by atoms with Gasteiger partial charge in [0.1, 0.15) is 9.84 Å². The topological polar surface area (TPSA) is 46.2 Å². The molecule has 0 aliphatic carbocycles. The lowest BCUT2D eigenvalue weighted by Crippen LogP contribution is -2.25. The van der Waals surface area contributed by atoms with Gasteiger partial charge in [0.2, 0.25) is 0 Å². The first-order valence-corrected chi connectivity index (χ1v) is 6.90. The fourth-order valence-electron chi connectivity index (χ4n) is 1.37. The predicted octanol–water partition coefficient (Wildman–Crippen LogP) is 1.20. The van der Waals surface area contributed by atoms with Gasteiger partial charge < -0.3 is 5.32 Å². The molecule has 0 amide bonds. The Hall–Kier alpha value is -0.0900. The standard InChI is InChI=1S/C9H21NO2S/c1-4-6-9(10-2)7-5-8-13(3,11)12/h9-10H,4-8H2,1-3H3. The normalized spacial score (nSPS) is 14.4. The van der Waals surface area contributed by atoms with Crippen LogP contribution in [-0.2, 0) is 9.84 Å². The van der Waals surface area contributed by atoms with E-state index in [1.54, 1.807) is 0 Å². The molecule has 0 radical (unpaired) electrons. The molecule has 0 aromatic rings. The summed E-state index contributed by atoms with van der Waals surface area (Å²) in [5, 5.41) is 3.19. The van der Waals surface area contributed by atoms with Crippen molar-refractivity contribution in [2.24, 2.45) is 0 Å². The molecule has 0 fully saturated rings. The van der Waals surface area contributed by atoms with Gasteiger partial charge in [0, 0.05) is 18.1 Å². The van der Waals surface area contributed by atoms with Crippen molar-refractivity contribution in [3.8, 4) is 0 Å². The summed E-state index contributed by atoms with van der Waals surface area (Å²) in [6, 6.07) is 0.478. The molecule has 0 aromatic carbocycles. The van der Waals surface area contributed by atoms with E-state index in [9.17, 15) is 8.42 Å². The summed E-state index contributed by atoms with van der Waals surface area (Å²) in [5.74, 6) is 0.314. The Balaban J connectivity index is 3.61. The Bertz CT molecular complexity index is 212. The molecule has 0 rings (SSSR count). The minimum atomic E-state index is -2.77. The van der Waals surface area contributed by atoms with E-state index in [0.29, 0.717) is 11.8 Å². The molecule has 0 aliphatic heterocycles. The molecule has 13 heavy (non-hydrogen) atoms. The van der Waals surface area contributed by atoms with Crippen LogP contribution in [0.15, 0.2) is 0 Å². The molecule has 0 aliphatic rings. The van der Waals surface area contributed by atoms with E-state index < -0.39 is 9.84 Å². The van der Waals surface area contributed by atoms with Crippen LogP contribution in [0.1, 0.15) is 32.6 Å². The zero-order valence-electron chi connectivity index (χ0n) is 8.84. The number of sulfone groups is 1. The zero-order valence-corrected chi connectivity index (χ0v) is 9.65. The van der Waals surface area contributed by atoms with E-state index in [4.69, 9.17) is 0 Å². The lowest BCUT2D eigenvalue weighted by atomic mass is 10.1. The van der Waals surface area contributed by atoms with E-state index in [1.807, 2.05) is 7.05 Å². The van der Waals surface area contributed by atoms with E-state index in [2.05, 4.69) is 12.2 Å². The van der Waals surface area contributed by atoms with Gasteiger partial charge in [-0.25, -0.2) is 8.42 Å². The number of nitrogens with one attached hydrogen (secondary N) is 1. The zero-order chi connectivity index (χ0) is 10.3. The molecule has 0 saturated heterocycles. The van der Waals surface area contributed by atoms with Crippen LogP contribution in [0.25, 0.3) is 0 Å². The monoisotopic (exact) mass is 207 g/mol. The van der Waals surface area contributed by atoms with Crippen LogP contribution in [0.4, 0.5) is 0 Å². The van der Waals surface area contributed by atoms with Crippen molar-refractivity contribution < 1.29 is 8.42 Å². The average molecular weight is 207 g/mol. The molecule has 3 nitrogen and oxygen atoms in total. The van der Waals surface area contributed by atoms with Crippen molar-refractivity contribution in [1.82, 2.24) is 5.32 Å². The summed E-state index contributed by atoms with van der Waals surface area (Å²) < 4.78 is 21.7. The molecule has 1 unspecified atom stereocenters. The number of hydrogen-bond acceptors (Lipinski definition) is 3. The van der Waals surface area contributed by atoms with Crippen LogP contribution in [0, 0.1) is 0 Å². The van der Waals surface area contributed by atoms with Gasteiger partial charge in [-0.1, -0.05) is 13.3 Å². The molecule has 80 valence electrons. The smallest absolute Gasteiger partial charge is 0.147 e. The Kier molecular flexibility index (Phi) is 6.33. The van der Waals surface area contributed by atoms with Gasteiger partial charge in [0.05, 0.1) is 0 Å². The van der Waals surface area contributed by atoms with Crippen molar-refractivity contribution in [2.45, 2.75) is 38.6 Å². The molecule has 1 N–H and O–H groups in total. The maximum atomic E-state index is 10.8. The highest BCUT2D eigenvalue weighted by Gasteiger charge is 2.07. The Labute approximate surface area is 81.8 Å². The summed E-state index contributed by atoms with van der Waals surface area (Å²) >= 11 is 0. The number of hydrogen-bond donors (Lipinski definition) is 1.